The average Bonchev–Trinajstić information content (AvgIpc) is 2.72. The predicted molar refractivity (Wildman–Crippen MR) is 100 cm³/mol. The third kappa shape index (κ3) is 4.80. The highest BCUT2D eigenvalue weighted by Crippen LogP contribution is 2.36. The van der Waals surface area contributed by atoms with Crippen LogP contribution in [0, 0.1) is 10.1 Å². The van der Waals surface area contributed by atoms with Gasteiger partial charge in [-0.15, -0.1) is 0 Å². The Balaban J connectivity index is 1.92. The van der Waals surface area contributed by atoms with Crippen LogP contribution in [0.25, 0.3) is 0 Å². The van der Waals surface area contributed by atoms with E-state index in [1.165, 1.54) is 6.07 Å². The number of sulfonamides is 1. The van der Waals surface area contributed by atoms with E-state index in [0.717, 1.165) is 41.3 Å². The smallest absolute Gasteiger partial charge is 0.368 e. The van der Waals surface area contributed by atoms with Crippen LogP contribution in [0.15, 0.2) is 53.4 Å². The SMILES string of the molecule is O=[N+]([O-])c1ccc(S(=O)(=O)N2CCN(c3cccc(C(F)(F)F)c3)CC2C(F)(F)F)cc1. The fourth-order valence-electron chi connectivity index (χ4n) is 3.31. The average molecular weight is 483 g/mol. The first kappa shape index (κ1) is 23.8. The lowest BCUT2D eigenvalue weighted by Crippen LogP contribution is -2.60. The van der Waals surface area contributed by atoms with Crippen LogP contribution >= 0.6 is 0 Å². The van der Waals surface area contributed by atoms with Crippen LogP contribution < -0.4 is 4.90 Å². The summed E-state index contributed by atoms with van der Waals surface area (Å²) in [5.74, 6) is 0. The third-order valence-electron chi connectivity index (χ3n) is 4.90. The maximum absolute atomic E-state index is 13.8. The standard InChI is InChI=1S/C18H15F6N3O4S/c19-17(20,21)12-2-1-3-14(10-12)25-8-9-26(16(11-25)18(22,23)24)32(30,31)15-6-4-13(5-7-15)27(28)29/h1-7,10,16H,8-9,11H2. The summed E-state index contributed by atoms with van der Waals surface area (Å²) in [4.78, 5) is 10.4. The monoisotopic (exact) mass is 483 g/mol. The highest BCUT2D eigenvalue weighted by atomic mass is 32.2. The second-order valence-electron chi connectivity index (χ2n) is 6.92. The molecule has 14 heteroatoms. The molecule has 2 aromatic carbocycles. The number of nitro benzene ring substituents is 1. The van der Waals surface area contributed by atoms with Gasteiger partial charge in [0.05, 0.1) is 15.4 Å². The molecule has 2 aromatic rings. The van der Waals surface area contributed by atoms with Crippen LogP contribution in [0.4, 0.5) is 37.7 Å². The Labute approximate surface area is 178 Å². The van der Waals surface area contributed by atoms with Gasteiger partial charge in [-0.3, -0.25) is 10.1 Å². The first-order valence-corrected chi connectivity index (χ1v) is 10.4. The lowest BCUT2D eigenvalue weighted by atomic mass is 10.1. The number of piperazine rings is 1. The molecule has 1 aliphatic rings. The Bertz CT molecular complexity index is 1100. The van der Waals surface area contributed by atoms with E-state index in [1.807, 2.05) is 0 Å². The molecule has 3 rings (SSSR count). The molecule has 1 unspecified atom stereocenters. The molecule has 0 bridgehead atoms. The van der Waals surface area contributed by atoms with Gasteiger partial charge in [0.2, 0.25) is 10.0 Å². The highest BCUT2D eigenvalue weighted by molar-refractivity contribution is 7.89. The third-order valence-corrected chi connectivity index (χ3v) is 6.82. The molecule has 174 valence electrons. The quantitative estimate of drug-likeness (QED) is 0.372. The molecule has 0 aromatic heterocycles. The van der Waals surface area contributed by atoms with Gasteiger partial charge in [-0.05, 0) is 30.3 Å². The Kier molecular flexibility index (Phi) is 6.12. The topological polar surface area (TPSA) is 83.8 Å². The van der Waals surface area contributed by atoms with E-state index in [4.69, 9.17) is 0 Å². The second-order valence-corrected chi connectivity index (χ2v) is 8.81. The minimum Gasteiger partial charge on any atom is -0.368 e. The van der Waals surface area contributed by atoms with Crippen LogP contribution in [0.1, 0.15) is 5.56 Å². The Hall–Kier alpha value is -2.87. The molecule has 1 heterocycles. The number of hydrogen-bond donors (Lipinski definition) is 0. The number of benzene rings is 2. The number of nitro groups is 1. The van der Waals surface area contributed by atoms with Crippen LogP contribution in [-0.2, 0) is 16.2 Å². The van der Waals surface area contributed by atoms with E-state index in [-0.39, 0.29) is 16.5 Å². The lowest BCUT2D eigenvalue weighted by molar-refractivity contribution is -0.384. The molecule has 0 aliphatic carbocycles. The van der Waals surface area contributed by atoms with Crippen molar-refractivity contribution in [3.05, 3.63) is 64.2 Å². The van der Waals surface area contributed by atoms with Crippen molar-refractivity contribution >= 4 is 21.4 Å². The molecule has 1 saturated heterocycles. The fourth-order valence-corrected chi connectivity index (χ4v) is 4.90. The van der Waals surface area contributed by atoms with E-state index >= 15 is 0 Å². The molecule has 0 spiro atoms. The fraction of sp³-hybridized carbons (Fsp3) is 0.333. The molecule has 0 radical (unpaired) electrons. The normalized spacial score (nSPS) is 18.6. The molecule has 0 amide bonds. The van der Waals surface area contributed by atoms with Crippen molar-refractivity contribution in [1.82, 2.24) is 4.31 Å². The molecule has 1 aliphatic heterocycles. The minimum absolute atomic E-state index is 0.124. The van der Waals surface area contributed by atoms with E-state index in [0.29, 0.717) is 6.07 Å². The van der Waals surface area contributed by atoms with Gasteiger partial charge >= 0.3 is 12.4 Å². The minimum atomic E-state index is -5.02. The van der Waals surface area contributed by atoms with Crippen molar-refractivity contribution in [2.24, 2.45) is 0 Å². The van der Waals surface area contributed by atoms with E-state index in [1.54, 1.807) is 0 Å². The maximum atomic E-state index is 13.8. The van der Waals surface area contributed by atoms with Gasteiger partial charge < -0.3 is 4.90 Å². The number of alkyl halides is 6. The molecule has 7 nitrogen and oxygen atoms in total. The number of halogens is 6. The van der Waals surface area contributed by atoms with E-state index < -0.39 is 62.6 Å². The summed E-state index contributed by atoms with van der Waals surface area (Å²) < 4.78 is 106. The van der Waals surface area contributed by atoms with Crippen molar-refractivity contribution in [3.8, 4) is 0 Å². The van der Waals surface area contributed by atoms with Gasteiger partial charge in [-0.25, -0.2) is 8.42 Å². The molecular weight excluding hydrogens is 468 g/mol. The van der Waals surface area contributed by atoms with E-state index in [9.17, 15) is 44.9 Å². The molecule has 1 fully saturated rings. The van der Waals surface area contributed by atoms with Crippen molar-refractivity contribution in [2.75, 3.05) is 24.5 Å². The molecule has 0 saturated carbocycles. The molecule has 1 atom stereocenters. The number of nitrogens with zero attached hydrogens (tertiary/aromatic N) is 3. The molecular formula is C18H15F6N3O4S. The Morgan fingerprint density at radius 1 is 0.969 bits per heavy atom. The van der Waals surface area contributed by atoms with Gasteiger partial charge in [-0.2, -0.15) is 30.6 Å². The highest BCUT2D eigenvalue weighted by Gasteiger charge is 2.51. The number of rotatable bonds is 4. The van der Waals surface area contributed by atoms with Gasteiger partial charge in [-0.1, -0.05) is 6.07 Å². The van der Waals surface area contributed by atoms with Crippen molar-refractivity contribution in [2.45, 2.75) is 23.3 Å². The van der Waals surface area contributed by atoms with Crippen molar-refractivity contribution < 1.29 is 39.7 Å². The summed E-state index contributed by atoms with van der Waals surface area (Å²) in [6.07, 6.45) is -9.71. The summed E-state index contributed by atoms with van der Waals surface area (Å²) in [7, 11) is -4.69. The van der Waals surface area contributed by atoms with Gasteiger partial charge in [0.25, 0.3) is 5.69 Å². The lowest BCUT2D eigenvalue weighted by Gasteiger charge is -2.42. The van der Waals surface area contributed by atoms with Crippen LogP contribution in [0.3, 0.4) is 0 Å². The summed E-state index contributed by atoms with van der Waals surface area (Å²) in [6.45, 7) is -1.86. The van der Waals surface area contributed by atoms with Crippen LogP contribution in [0.5, 0.6) is 0 Å². The zero-order chi connectivity index (χ0) is 23.9. The second kappa shape index (κ2) is 8.24. The van der Waals surface area contributed by atoms with Gasteiger partial charge in [0.1, 0.15) is 6.04 Å². The zero-order valence-electron chi connectivity index (χ0n) is 16.0. The predicted octanol–water partition coefficient (Wildman–Crippen LogP) is 4.06. The summed E-state index contributed by atoms with van der Waals surface area (Å²) in [5.41, 5.74) is -1.60. The summed E-state index contributed by atoms with van der Waals surface area (Å²) in [6, 6.07) is 4.59. The van der Waals surface area contributed by atoms with Crippen LogP contribution in [-0.4, -0.2) is 49.5 Å². The van der Waals surface area contributed by atoms with Crippen molar-refractivity contribution in [3.63, 3.8) is 0 Å². The van der Waals surface area contributed by atoms with Crippen molar-refractivity contribution in [1.29, 1.82) is 0 Å². The number of anilines is 1. The first-order valence-electron chi connectivity index (χ1n) is 8.96. The molecule has 32 heavy (non-hydrogen) atoms. The zero-order valence-corrected chi connectivity index (χ0v) is 16.8. The largest absolute Gasteiger partial charge is 0.416 e. The number of non-ortho nitro benzene ring substituents is 1. The maximum Gasteiger partial charge on any atom is 0.416 e. The number of hydrogen-bond acceptors (Lipinski definition) is 5. The van der Waals surface area contributed by atoms with Crippen LogP contribution in [0.2, 0.25) is 0 Å². The molecule has 0 N–H and O–H groups in total. The summed E-state index contributed by atoms with van der Waals surface area (Å²) in [5, 5.41) is 10.7. The van der Waals surface area contributed by atoms with Gasteiger partial charge in [0, 0.05) is 37.5 Å². The first-order chi connectivity index (χ1) is 14.7. The summed E-state index contributed by atoms with van der Waals surface area (Å²) >= 11 is 0. The Morgan fingerprint density at radius 2 is 1.59 bits per heavy atom. The van der Waals surface area contributed by atoms with E-state index in [2.05, 4.69) is 0 Å². The van der Waals surface area contributed by atoms with Gasteiger partial charge in [0.15, 0.2) is 0 Å². The Morgan fingerprint density at radius 3 is 2.12 bits per heavy atom.